The number of ether oxygens (including phenoxy) is 2. The van der Waals surface area contributed by atoms with E-state index in [1.807, 2.05) is 0 Å². The average molecular weight is 277 g/mol. The van der Waals surface area contributed by atoms with E-state index in [1.54, 1.807) is 7.11 Å². The number of hydrogen-bond acceptors (Lipinski definition) is 3. The highest BCUT2D eigenvalue weighted by Gasteiger charge is 2.30. The SMILES string of the molecule is CCOC1CC(CC(N)c2ccc(CCOC)cc2)C1. The first kappa shape index (κ1) is 15.5. The maximum atomic E-state index is 6.31. The number of benzene rings is 1. The molecular formula is C17H27NO2. The van der Waals surface area contributed by atoms with Gasteiger partial charge in [0.2, 0.25) is 0 Å². The Balaban J connectivity index is 1.76. The molecule has 1 fully saturated rings. The Labute approximate surface area is 122 Å². The van der Waals surface area contributed by atoms with Crippen LogP contribution in [0.4, 0.5) is 0 Å². The van der Waals surface area contributed by atoms with Crippen LogP contribution >= 0.6 is 0 Å². The zero-order valence-corrected chi connectivity index (χ0v) is 12.7. The van der Waals surface area contributed by atoms with Gasteiger partial charge in [-0.2, -0.15) is 0 Å². The molecule has 0 heterocycles. The standard InChI is InChI=1S/C17H27NO2/c1-3-20-16-10-14(11-16)12-17(18)15-6-4-13(5-7-15)8-9-19-2/h4-7,14,16-17H,3,8-12,18H2,1-2H3. The molecule has 0 aliphatic heterocycles. The van der Waals surface area contributed by atoms with E-state index in [2.05, 4.69) is 31.2 Å². The summed E-state index contributed by atoms with van der Waals surface area (Å²) in [5, 5.41) is 0. The first-order valence-corrected chi connectivity index (χ1v) is 7.67. The van der Waals surface area contributed by atoms with Crippen molar-refractivity contribution in [3.05, 3.63) is 35.4 Å². The zero-order valence-electron chi connectivity index (χ0n) is 12.7. The second-order valence-electron chi connectivity index (χ2n) is 5.74. The Morgan fingerprint density at radius 2 is 1.95 bits per heavy atom. The fourth-order valence-electron chi connectivity index (χ4n) is 2.89. The van der Waals surface area contributed by atoms with Gasteiger partial charge in [0.15, 0.2) is 0 Å². The third kappa shape index (κ3) is 4.30. The summed E-state index contributed by atoms with van der Waals surface area (Å²) in [7, 11) is 1.73. The molecule has 0 spiro atoms. The molecule has 2 rings (SSSR count). The molecule has 1 aromatic carbocycles. The van der Waals surface area contributed by atoms with Crippen molar-refractivity contribution >= 4 is 0 Å². The molecule has 2 N–H and O–H groups in total. The predicted molar refractivity (Wildman–Crippen MR) is 81.7 cm³/mol. The molecule has 3 nitrogen and oxygen atoms in total. The summed E-state index contributed by atoms with van der Waals surface area (Å²) in [6, 6.07) is 8.80. The Morgan fingerprint density at radius 1 is 1.25 bits per heavy atom. The molecule has 1 unspecified atom stereocenters. The van der Waals surface area contributed by atoms with E-state index in [0.29, 0.717) is 6.10 Å². The van der Waals surface area contributed by atoms with Gasteiger partial charge in [-0.15, -0.1) is 0 Å². The van der Waals surface area contributed by atoms with Crippen molar-refractivity contribution in [1.82, 2.24) is 0 Å². The van der Waals surface area contributed by atoms with Crippen LogP contribution in [0.15, 0.2) is 24.3 Å². The Kier molecular flexibility index (Phi) is 6.02. The highest BCUT2D eigenvalue weighted by Crippen LogP contribution is 2.36. The molecule has 1 aromatic rings. The van der Waals surface area contributed by atoms with E-state index < -0.39 is 0 Å². The van der Waals surface area contributed by atoms with Crippen molar-refractivity contribution in [2.75, 3.05) is 20.3 Å². The Bertz CT molecular complexity index is 384. The van der Waals surface area contributed by atoms with Crippen molar-refractivity contribution in [3.8, 4) is 0 Å². The smallest absolute Gasteiger partial charge is 0.0580 e. The van der Waals surface area contributed by atoms with Crippen molar-refractivity contribution in [2.45, 2.75) is 44.8 Å². The Morgan fingerprint density at radius 3 is 2.55 bits per heavy atom. The minimum Gasteiger partial charge on any atom is -0.384 e. The van der Waals surface area contributed by atoms with Crippen molar-refractivity contribution in [3.63, 3.8) is 0 Å². The fourth-order valence-corrected chi connectivity index (χ4v) is 2.89. The quantitative estimate of drug-likeness (QED) is 0.794. The molecule has 0 saturated heterocycles. The summed E-state index contributed by atoms with van der Waals surface area (Å²) in [6.07, 6.45) is 4.86. The van der Waals surface area contributed by atoms with Crippen LogP contribution in [-0.2, 0) is 15.9 Å². The number of hydrogen-bond donors (Lipinski definition) is 1. The van der Waals surface area contributed by atoms with Gasteiger partial charge in [0.1, 0.15) is 0 Å². The van der Waals surface area contributed by atoms with E-state index in [0.717, 1.165) is 32.0 Å². The number of nitrogens with two attached hydrogens (primary N) is 1. The van der Waals surface area contributed by atoms with Gasteiger partial charge in [0.25, 0.3) is 0 Å². The second kappa shape index (κ2) is 7.77. The molecule has 0 amide bonds. The third-order valence-electron chi connectivity index (χ3n) is 4.18. The summed E-state index contributed by atoms with van der Waals surface area (Å²) >= 11 is 0. The van der Waals surface area contributed by atoms with Crippen LogP contribution in [0.25, 0.3) is 0 Å². The molecule has 0 aromatic heterocycles. The molecule has 1 aliphatic carbocycles. The highest BCUT2D eigenvalue weighted by atomic mass is 16.5. The first-order valence-electron chi connectivity index (χ1n) is 7.67. The van der Waals surface area contributed by atoms with Gasteiger partial charge < -0.3 is 15.2 Å². The number of rotatable bonds is 8. The molecule has 1 saturated carbocycles. The highest BCUT2D eigenvalue weighted by molar-refractivity contribution is 5.25. The normalized spacial score (nSPS) is 23.4. The number of methoxy groups -OCH3 is 1. The van der Waals surface area contributed by atoms with E-state index >= 15 is 0 Å². The van der Waals surface area contributed by atoms with Gasteiger partial charge in [-0.1, -0.05) is 24.3 Å². The van der Waals surface area contributed by atoms with Gasteiger partial charge in [0.05, 0.1) is 12.7 Å². The Hall–Kier alpha value is -0.900. The summed E-state index contributed by atoms with van der Waals surface area (Å²) < 4.78 is 10.7. The summed E-state index contributed by atoms with van der Waals surface area (Å²) in [6.45, 7) is 3.66. The second-order valence-corrected chi connectivity index (χ2v) is 5.74. The molecule has 112 valence electrons. The third-order valence-corrected chi connectivity index (χ3v) is 4.18. The molecule has 0 bridgehead atoms. The van der Waals surface area contributed by atoms with Gasteiger partial charge in [0, 0.05) is 19.8 Å². The minimum atomic E-state index is 0.152. The van der Waals surface area contributed by atoms with Crippen molar-refractivity contribution in [2.24, 2.45) is 11.7 Å². The van der Waals surface area contributed by atoms with Gasteiger partial charge in [-0.3, -0.25) is 0 Å². The van der Waals surface area contributed by atoms with Crippen LogP contribution in [-0.4, -0.2) is 26.4 Å². The largest absolute Gasteiger partial charge is 0.384 e. The van der Waals surface area contributed by atoms with E-state index in [4.69, 9.17) is 15.2 Å². The van der Waals surface area contributed by atoms with Crippen LogP contribution in [0.3, 0.4) is 0 Å². The lowest BCUT2D eigenvalue weighted by atomic mass is 9.77. The summed E-state index contributed by atoms with van der Waals surface area (Å²) in [5.74, 6) is 0.731. The zero-order chi connectivity index (χ0) is 14.4. The fraction of sp³-hybridized carbons (Fsp3) is 0.647. The lowest BCUT2D eigenvalue weighted by molar-refractivity contribution is -0.0282. The van der Waals surface area contributed by atoms with Crippen LogP contribution in [0.1, 0.15) is 43.4 Å². The maximum absolute atomic E-state index is 6.31. The molecule has 0 radical (unpaired) electrons. The van der Waals surface area contributed by atoms with Gasteiger partial charge in [-0.25, -0.2) is 0 Å². The first-order chi connectivity index (χ1) is 9.72. The maximum Gasteiger partial charge on any atom is 0.0580 e. The molecule has 1 aliphatic rings. The summed E-state index contributed by atoms with van der Waals surface area (Å²) in [5.41, 5.74) is 8.86. The molecule has 20 heavy (non-hydrogen) atoms. The molecular weight excluding hydrogens is 250 g/mol. The van der Waals surface area contributed by atoms with Crippen LogP contribution in [0, 0.1) is 5.92 Å². The van der Waals surface area contributed by atoms with Crippen LogP contribution in [0.5, 0.6) is 0 Å². The van der Waals surface area contributed by atoms with Crippen molar-refractivity contribution in [1.29, 1.82) is 0 Å². The minimum absolute atomic E-state index is 0.152. The lowest BCUT2D eigenvalue weighted by Gasteiger charge is -2.36. The van der Waals surface area contributed by atoms with E-state index in [9.17, 15) is 0 Å². The predicted octanol–water partition coefficient (Wildman–Crippen LogP) is 3.08. The molecule has 1 atom stereocenters. The lowest BCUT2D eigenvalue weighted by Crippen LogP contribution is -2.33. The van der Waals surface area contributed by atoms with Crippen molar-refractivity contribution < 1.29 is 9.47 Å². The van der Waals surface area contributed by atoms with Crippen LogP contribution < -0.4 is 5.73 Å². The topological polar surface area (TPSA) is 44.5 Å². The molecule has 3 heteroatoms. The van der Waals surface area contributed by atoms with Gasteiger partial charge >= 0.3 is 0 Å². The van der Waals surface area contributed by atoms with E-state index in [1.165, 1.54) is 24.0 Å². The van der Waals surface area contributed by atoms with Crippen LogP contribution in [0.2, 0.25) is 0 Å². The van der Waals surface area contributed by atoms with Gasteiger partial charge in [-0.05, 0) is 49.7 Å². The summed E-state index contributed by atoms with van der Waals surface area (Å²) in [4.78, 5) is 0. The van der Waals surface area contributed by atoms with E-state index in [-0.39, 0.29) is 6.04 Å². The average Bonchev–Trinajstić information content (AvgIpc) is 2.43. The monoisotopic (exact) mass is 277 g/mol.